The first-order valence-corrected chi connectivity index (χ1v) is 20.9. The van der Waals surface area contributed by atoms with E-state index in [0.29, 0.717) is 0 Å². The Balaban J connectivity index is 1.01. The first-order valence-electron chi connectivity index (χ1n) is 20.9. The molecule has 0 amide bonds. The van der Waals surface area contributed by atoms with Gasteiger partial charge in [-0.2, -0.15) is 0 Å². The maximum absolute atomic E-state index is 6.88. The van der Waals surface area contributed by atoms with Gasteiger partial charge in [-0.3, -0.25) is 4.99 Å². The van der Waals surface area contributed by atoms with Gasteiger partial charge in [-0.15, -0.1) is 0 Å². The number of nitrogens with zero attached hydrogens (tertiary/aromatic N) is 2. The lowest BCUT2D eigenvalue weighted by Crippen LogP contribution is -2.12. The number of benzene rings is 9. The van der Waals surface area contributed by atoms with Gasteiger partial charge in [0.15, 0.2) is 5.84 Å². The van der Waals surface area contributed by atoms with Crippen LogP contribution in [0, 0.1) is 5.92 Å². The predicted octanol–water partition coefficient (Wildman–Crippen LogP) is 14.5. The fourth-order valence-corrected chi connectivity index (χ4v) is 10.0. The zero-order valence-electron chi connectivity index (χ0n) is 32.8. The second-order valence-corrected chi connectivity index (χ2v) is 16.4. The van der Waals surface area contributed by atoms with Crippen molar-refractivity contribution in [1.82, 2.24) is 0 Å². The number of rotatable bonds is 4. The van der Waals surface area contributed by atoms with Gasteiger partial charge in [-0.1, -0.05) is 171 Å². The van der Waals surface area contributed by atoms with Gasteiger partial charge < -0.3 is 4.42 Å². The summed E-state index contributed by atoms with van der Waals surface area (Å²) in [5.74, 6) is 0.959. The molecular weight excluding hydrogens is 717 g/mol. The molecule has 0 saturated heterocycles. The lowest BCUT2D eigenvalue weighted by molar-refractivity contribution is 0.493. The second kappa shape index (κ2) is 13.5. The average molecular weight is 757 g/mol. The first-order chi connectivity index (χ1) is 29.1. The molecule has 12 rings (SSSR count). The van der Waals surface area contributed by atoms with Crippen molar-refractivity contribution in [3.05, 3.63) is 204 Å². The van der Waals surface area contributed by atoms with E-state index < -0.39 is 0 Å². The number of hydrogen-bond donors (Lipinski definition) is 0. The number of amidine groups is 1. The van der Waals surface area contributed by atoms with Crippen molar-refractivity contribution < 1.29 is 4.42 Å². The first kappa shape index (κ1) is 34.0. The smallest absolute Gasteiger partial charge is 0.156 e. The molecule has 0 radical (unpaired) electrons. The summed E-state index contributed by atoms with van der Waals surface area (Å²) in [6, 6.07) is 63.8. The third-order valence-corrected chi connectivity index (χ3v) is 12.9. The van der Waals surface area contributed by atoms with Crippen LogP contribution in [0.15, 0.2) is 190 Å². The van der Waals surface area contributed by atoms with Crippen molar-refractivity contribution in [2.75, 3.05) is 0 Å². The highest BCUT2D eigenvalue weighted by atomic mass is 16.3. The minimum Gasteiger partial charge on any atom is -0.455 e. The third kappa shape index (κ3) is 5.56. The standard InChI is InChI=1S/C56H40N2O/c1-34-31-50(37-13-3-2-4-14-37)57-56(58-54(34)42-28-29-44-39(33-42)25-22-35-11-5-7-15-43(35)44)49-19-10-20-51-53(49)48-18-9-17-47(55(48)59-51)41-27-30-46-40(32-41)26-24-38-23-21-36-12-6-8-16-45(36)52(38)46/h2-23,25,27-30,32-34,54H,24,26,31H2,1H3. The summed E-state index contributed by atoms with van der Waals surface area (Å²) < 4.78 is 6.88. The van der Waals surface area contributed by atoms with E-state index in [9.17, 15) is 0 Å². The van der Waals surface area contributed by atoms with Gasteiger partial charge in [0.05, 0.1) is 11.8 Å². The van der Waals surface area contributed by atoms with Crippen LogP contribution in [0.25, 0.3) is 76.5 Å². The summed E-state index contributed by atoms with van der Waals surface area (Å²) in [4.78, 5) is 11.1. The Labute approximate surface area is 343 Å². The van der Waals surface area contributed by atoms with Gasteiger partial charge in [0.2, 0.25) is 0 Å². The molecule has 2 heterocycles. The maximum Gasteiger partial charge on any atom is 0.156 e. The highest BCUT2D eigenvalue weighted by molar-refractivity contribution is 6.23. The van der Waals surface area contributed by atoms with Gasteiger partial charge in [0.1, 0.15) is 11.2 Å². The molecular formula is C56H40N2O. The maximum atomic E-state index is 6.88. The Bertz CT molecular complexity index is 3390. The van der Waals surface area contributed by atoms with E-state index in [0.717, 1.165) is 69.4 Å². The Morgan fingerprint density at radius 1 is 0.508 bits per heavy atom. The molecule has 2 aliphatic rings. The summed E-state index contributed by atoms with van der Waals surface area (Å²) in [7, 11) is 0. The van der Waals surface area contributed by atoms with Gasteiger partial charge in [-0.25, -0.2) is 4.99 Å². The quantitative estimate of drug-likeness (QED) is 0.165. The number of aliphatic imine (C=N–C) groups is 2. The summed E-state index contributed by atoms with van der Waals surface area (Å²) in [5.41, 5.74) is 13.9. The zero-order chi connectivity index (χ0) is 39.0. The predicted molar refractivity (Wildman–Crippen MR) is 247 cm³/mol. The molecule has 0 saturated carbocycles. The highest BCUT2D eigenvalue weighted by Crippen LogP contribution is 2.44. The number of para-hydroxylation sites is 1. The number of fused-ring (bicyclic) bond motifs is 11. The molecule has 0 fully saturated rings. The van der Waals surface area contributed by atoms with Crippen LogP contribution in [-0.2, 0) is 12.8 Å². The Morgan fingerprint density at radius 2 is 1.22 bits per heavy atom. The highest BCUT2D eigenvalue weighted by Gasteiger charge is 2.28. The van der Waals surface area contributed by atoms with Crippen LogP contribution >= 0.6 is 0 Å². The molecule has 3 heteroatoms. The van der Waals surface area contributed by atoms with Crippen LogP contribution in [0.5, 0.6) is 0 Å². The normalized spacial score (nSPS) is 16.6. The summed E-state index contributed by atoms with van der Waals surface area (Å²) >= 11 is 0. The van der Waals surface area contributed by atoms with Crippen molar-refractivity contribution in [2.45, 2.75) is 32.2 Å². The van der Waals surface area contributed by atoms with Gasteiger partial charge in [0.25, 0.3) is 0 Å². The van der Waals surface area contributed by atoms with E-state index in [-0.39, 0.29) is 12.0 Å². The molecule has 10 aromatic rings. The van der Waals surface area contributed by atoms with Crippen molar-refractivity contribution in [1.29, 1.82) is 0 Å². The summed E-state index contributed by atoms with van der Waals surface area (Å²) in [5, 5.41) is 9.77. The minimum atomic E-state index is -0.0902. The molecule has 0 N–H and O–H groups in total. The van der Waals surface area contributed by atoms with Crippen molar-refractivity contribution >= 4 is 65.8 Å². The molecule has 59 heavy (non-hydrogen) atoms. The molecule has 9 aromatic carbocycles. The van der Waals surface area contributed by atoms with Crippen molar-refractivity contribution in [3.8, 4) is 22.3 Å². The van der Waals surface area contributed by atoms with E-state index in [1.807, 2.05) is 0 Å². The van der Waals surface area contributed by atoms with Crippen LogP contribution in [0.4, 0.5) is 0 Å². The van der Waals surface area contributed by atoms with E-state index in [1.54, 1.807) is 0 Å². The van der Waals surface area contributed by atoms with Gasteiger partial charge in [-0.05, 0) is 109 Å². The molecule has 3 nitrogen and oxygen atoms in total. The Hall–Kier alpha value is -7.10. The van der Waals surface area contributed by atoms with Gasteiger partial charge >= 0.3 is 0 Å². The number of hydrogen-bond acceptors (Lipinski definition) is 3. The number of aryl methyl sites for hydroxylation is 2. The molecule has 1 aromatic heterocycles. The van der Waals surface area contributed by atoms with Crippen LogP contribution in [0.1, 0.15) is 47.2 Å². The van der Waals surface area contributed by atoms with Crippen LogP contribution in [-0.4, -0.2) is 11.5 Å². The van der Waals surface area contributed by atoms with Crippen molar-refractivity contribution in [2.24, 2.45) is 15.9 Å². The van der Waals surface area contributed by atoms with Crippen LogP contribution in [0.2, 0.25) is 0 Å². The van der Waals surface area contributed by atoms with E-state index in [4.69, 9.17) is 14.4 Å². The molecule has 280 valence electrons. The fraction of sp³-hybridized carbons (Fsp3) is 0.107. The largest absolute Gasteiger partial charge is 0.455 e. The molecule has 0 spiro atoms. The third-order valence-electron chi connectivity index (χ3n) is 12.9. The zero-order valence-corrected chi connectivity index (χ0v) is 32.8. The van der Waals surface area contributed by atoms with Gasteiger partial charge in [0, 0.05) is 21.9 Å². The Morgan fingerprint density at radius 3 is 2.12 bits per heavy atom. The lowest BCUT2D eigenvalue weighted by atomic mass is 9.81. The van der Waals surface area contributed by atoms with Crippen molar-refractivity contribution in [3.63, 3.8) is 0 Å². The number of furan rings is 1. The summed E-state index contributed by atoms with van der Waals surface area (Å²) in [6.45, 7) is 2.32. The second-order valence-electron chi connectivity index (χ2n) is 16.4. The SMILES string of the molecule is CC1CC(c2ccccc2)=NC(c2cccc3oc4c(-c5ccc6c(c5)CCc5ccc7ccccc7c5-6)cccc4c23)=NC1c1ccc2c(ccc3ccccc32)c1. The Kier molecular flexibility index (Phi) is 7.78. The summed E-state index contributed by atoms with van der Waals surface area (Å²) in [6.07, 6.45) is 2.87. The minimum absolute atomic E-state index is 0.0902. The topological polar surface area (TPSA) is 37.9 Å². The molecule has 0 bridgehead atoms. The lowest BCUT2D eigenvalue weighted by Gasteiger charge is -2.22. The molecule has 1 aliphatic carbocycles. The van der Waals surface area contributed by atoms with E-state index in [2.05, 4.69) is 183 Å². The molecule has 1 aliphatic heterocycles. The van der Waals surface area contributed by atoms with E-state index in [1.165, 1.54) is 65.7 Å². The molecule has 2 atom stereocenters. The molecule has 2 unspecified atom stereocenters. The van der Waals surface area contributed by atoms with E-state index >= 15 is 0 Å². The average Bonchev–Trinajstić information content (AvgIpc) is 3.59. The van der Waals surface area contributed by atoms with Crippen LogP contribution < -0.4 is 0 Å². The van der Waals surface area contributed by atoms with Crippen LogP contribution in [0.3, 0.4) is 0 Å². The fourth-order valence-electron chi connectivity index (χ4n) is 10.0. The monoisotopic (exact) mass is 756 g/mol.